The smallest absolute Gasteiger partial charge is 0.348 e. The summed E-state index contributed by atoms with van der Waals surface area (Å²) >= 11 is 0. The molecule has 0 amide bonds. The molecule has 80 valence electrons. The van der Waals surface area contributed by atoms with Crippen molar-refractivity contribution in [2.24, 2.45) is 5.10 Å². The predicted octanol–water partition coefficient (Wildman–Crippen LogP) is 0.0353. The lowest BCUT2D eigenvalue weighted by atomic mass is 10.4. The monoisotopic (exact) mass is 228 g/mol. The summed E-state index contributed by atoms with van der Waals surface area (Å²) in [5, 5.41) is 11.3. The van der Waals surface area contributed by atoms with Crippen LogP contribution in [0.5, 0.6) is 0 Å². The maximum absolute atomic E-state index is 11.4. The number of nitrogens with one attached hydrogen (secondary N) is 1. The van der Waals surface area contributed by atoms with Crippen molar-refractivity contribution in [3.05, 3.63) is 30.3 Å². The Labute approximate surface area is 86.3 Å². The minimum atomic E-state index is -3.77. The van der Waals surface area contributed by atoms with Crippen LogP contribution in [0.1, 0.15) is 0 Å². The predicted molar refractivity (Wildman–Crippen MR) is 52.9 cm³/mol. The van der Waals surface area contributed by atoms with Gasteiger partial charge in [0.1, 0.15) is 6.21 Å². The second kappa shape index (κ2) is 4.56. The molecule has 0 aliphatic heterocycles. The van der Waals surface area contributed by atoms with Gasteiger partial charge in [-0.2, -0.15) is 18.4 Å². The Hall–Kier alpha value is -1.89. The normalized spacial score (nSPS) is 11.5. The van der Waals surface area contributed by atoms with Crippen molar-refractivity contribution in [2.45, 2.75) is 4.90 Å². The Morgan fingerprint density at radius 2 is 1.93 bits per heavy atom. The van der Waals surface area contributed by atoms with E-state index in [0.29, 0.717) is 6.21 Å². The molecule has 0 fully saturated rings. The summed E-state index contributed by atoms with van der Waals surface area (Å²) in [7, 11) is -3.77. The van der Waals surface area contributed by atoms with Gasteiger partial charge in [-0.3, -0.25) is 0 Å². The lowest BCUT2D eigenvalue weighted by Crippen LogP contribution is -2.19. The van der Waals surface area contributed by atoms with Crippen molar-refractivity contribution in [2.75, 3.05) is 0 Å². The molecule has 0 spiro atoms. The topological polar surface area (TPSA) is 95.8 Å². The molecule has 1 aromatic carbocycles. The van der Waals surface area contributed by atoms with Crippen molar-refractivity contribution in [1.82, 2.24) is 4.83 Å². The van der Waals surface area contributed by atoms with E-state index in [9.17, 15) is 13.2 Å². The number of carboxylic acid groups (broad SMARTS) is 1. The van der Waals surface area contributed by atoms with Gasteiger partial charge < -0.3 is 5.11 Å². The zero-order chi connectivity index (χ0) is 11.3. The molecule has 1 rings (SSSR count). The number of nitrogens with zero attached hydrogens (tertiary/aromatic N) is 1. The highest BCUT2D eigenvalue weighted by Crippen LogP contribution is 2.06. The SMILES string of the molecule is O=C(O)/C=N/NS(=O)(=O)c1ccccc1. The molecule has 1 aromatic rings. The first-order valence-electron chi connectivity index (χ1n) is 3.85. The summed E-state index contributed by atoms with van der Waals surface area (Å²) in [6.45, 7) is 0. The molecule has 6 nitrogen and oxygen atoms in total. The quantitative estimate of drug-likeness (QED) is 0.561. The molecule has 7 heteroatoms. The van der Waals surface area contributed by atoms with Crippen LogP contribution >= 0.6 is 0 Å². The van der Waals surface area contributed by atoms with Crippen LogP contribution in [-0.2, 0) is 14.8 Å². The van der Waals surface area contributed by atoms with E-state index in [1.54, 1.807) is 23.0 Å². The Bertz CT molecular complexity index is 467. The molecule has 0 bridgehead atoms. The number of carboxylic acids is 1. The van der Waals surface area contributed by atoms with Gasteiger partial charge in [0, 0.05) is 0 Å². The molecule has 0 heterocycles. The van der Waals surface area contributed by atoms with Crippen LogP contribution in [-0.4, -0.2) is 25.7 Å². The van der Waals surface area contributed by atoms with Crippen molar-refractivity contribution in [3.63, 3.8) is 0 Å². The Morgan fingerprint density at radius 1 is 1.33 bits per heavy atom. The highest BCUT2D eigenvalue weighted by Gasteiger charge is 2.10. The number of sulfonamides is 1. The standard InChI is InChI=1S/C8H8N2O4S/c11-8(12)6-9-10-15(13,14)7-4-2-1-3-5-7/h1-6,10H,(H,11,12)/b9-6+. The van der Waals surface area contributed by atoms with Crippen molar-refractivity contribution >= 4 is 22.2 Å². The Morgan fingerprint density at radius 3 is 2.47 bits per heavy atom. The summed E-state index contributed by atoms with van der Waals surface area (Å²) in [6, 6.07) is 7.52. The van der Waals surface area contributed by atoms with E-state index in [1.807, 2.05) is 0 Å². The number of benzene rings is 1. The van der Waals surface area contributed by atoms with Crippen LogP contribution in [0.4, 0.5) is 0 Å². The molecule has 0 saturated heterocycles. The fourth-order valence-corrected chi connectivity index (χ4v) is 1.62. The highest BCUT2D eigenvalue weighted by atomic mass is 32.2. The molecule has 0 unspecified atom stereocenters. The maximum Gasteiger partial charge on any atom is 0.348 e. The van der Waals surface area contributed by atoms with Gasteiger partial charge in [0.05, 0.1) is 4.90 Å². The first kappa shape index (κ1) is 11.2. The van der Waals surface area contributed by atoms with Crippen LogP contribution in [0.15, 0.2) is 40.3 Å². The summed E-state index contributed by atoms with van der Waals surface area (Å²) in [5.74, 6) is -1.33. The van der Waals surface area contributed by atoms with Crippen molar-refractivity contribution in [3.8, 4) is 0 Å². The minimum Gasteiger partial charge on any atom is -0.477 e. The van der Waals surface area contributed by atoms with Crippen LogP contribution in [0.25, 0.3) is 0 Å². The average Bonchev–Trinajstić information content (AvgIpc) is 2.18. The third-order valence-corrected chi connectivity index (χ3v) is 2.64. The van der Waals surface area contributed by atoms with Crippen LogP contribution in [0.2, 0.25) is 0 Å². The first-order valence-corrected chi connectivity index (χ1v) is 5.33. The fraction of sp³-hybridized carbons (Fsp3) is 0. The average molecular weight is 228 g/mol. The molecule has 2 N–H and O–H groups in total. The van der Waals surface area contributed by atoms with E-state index in [1.165, 1.54) is 12.1 Å². The molecule has 0 aliphatic carbocycles. The van der Waals surface area contributed by atoms with Crippen molar-refractivity contribution < 1.29 is 18.3 Å². The number of rotatable bonds is 4. The van der Waals surface area contributed by atoms with Gasteiger partial charge in [-0.25, -0.2) is 4.79 Å². The number of hydrogen-bond acceptors (Lipinski definition) is 4. The minimum absolute atomic E-state index is 0.0209. The summed E-state index contributed by atoms with van der Waals surface area (Å²) in [6.07, 6.45) is 0.459. The van der Waals surface area contributed by atoms with Crippen LogP contribution in [0, 0.1) is 0 Å². The Balaban J connectivity index is 2.82. The number of aliphatic carboxylic acids is 1. The zero-order valence-electron chi connectivity index (χ0n) is 7.49. The van der Waals surface area contributed by atoms with Gasteiger partial charge >= 0.3 is 5.97 Å². The van der Waals surface area contributed by atoms with E-state index in [0.717, 1.165) is 0 Å². The second-order valence-corrected chi connectivity index (χ2v) is 4.17. The molecule has 0 aromatic heterocycles. The third-order valence-electron chi connectivity index (χ3n) is 1.40. The maximum atomic E-state index is 11.4. The van der Waals surface area contributed by atoms with Crippen LogP contribution < -0.4 is 4.83 Å². The molecular weight excluding hydrogens is 220 g/mol. The van der Waals surface area contributed by atoms with Crippen LogP contribution in [0.3, 0.4) is 0 Å². The molecule has 0 saturated carbocycles. The summed E-state index contributed by atoms with van der Waals surface area (Å²) < 4.78 is 22.8. The third kappa shape index (κ3) is 3.39. The van der Waals surface area contributed by atoms with Gasteiger partial charge in [0.2, 0.25) is 0 Å². The molecule has 0 aliphatic rings. The highest BCUT2D eigenvalue weighted by molar-refractivity contribution is 7.89. The number of hydrazone groups is 1. The van der Waals surface area contributed by atoms with E-state index in [4.69, 9.17) is 5.11 Å². The second-order valence-electron chi connectivity index (χ2n) is 2.50. The van der Waals surface area contributed by atoms with E-state index >= 15 is 0 Å². The summed E-state index contributed by atoms with van der Waals surface area (Å²) in [4.78, 5) is 11.8. The lowest BCUT2D eigenvalue weighted by molar-refractivity contribution is -0.128. The fourth-order valence-electron chi connectivity index (χ4n) is 0.803. The number of carbonyl (C=O) groups is 1. The van der Waals surface area contributed by atoms with E-state index in [-0.39, 0.29) is 4.90 Å². The van der Waals surface area contributed by atoms with Gasteiger partial charge in [0.15, 0.2) is 0 Å². The van der Waals surface area contributed by atoms with Gasteiger partial charge in [0.25, 0.3) is 10.0 Å². The molecule has 0 radical (unpaired) electrons. The Kier molecular flexibility index (Phi) is 3.40. The zero-order valence-corrected chi connectivity index (χ0v) is 8.31. The summed E-state index contributed by atoms with van der Waals surface area (Å²) in [5.41, 5.74) is 0. The molecular formula is C8H8N2O4S. The molecule has 0 atom stereocenters. The van der Waals surface area contributed by atoms with Gasteiger partial charge in [-0.1, -0.05) is 18.2 Å². The van der Waals surface area contributed by atoms with Gasteiger partial charge in [-0.15, -0.1) is 0 Å². The number of hydrogen-bond donors (Lipinski definition) is 2. The van der Waals surface area contributed by atoms with Crippen molar-refractivity contribution in [1.29, 1.82) is 0 Å². The van der Waals surface area contributed by atoms with Gasteiger partial charge in [-0.05, 0) is 12.1 Å². The first-order chi connectivity index (χ1) is 7.02. The largest absolute Gasteiger partial charge is 0.477 e. The molecule has 15 heavy (non-hydrogen) atoms. The van der Waals surface area contributed by atoms with E-state index < -0.39 is 16.0 Å². The van der Waals surface area contributed by atoms with E-state index in [2.05, 4.69) is 5.10 Å². The lowest BCUT2D eigenvalue weighted by Gasteiger charge is -2.01.